The lowest BCUT2D eigenvalue weighted by Crippen LogP contribution is -2.22. The van der Waals surface area contributed by atoms with Gasteiger partial charge in [-0.3, -0.25) is 9.59 Å². The van der Waals surface area contributed by atoms with Gasteiger partial charge in [-0.2, -0.15) is 0 Å². The summed E-state index contributed by atoms with van der Waals surface area (Å²) in [5.41, 5.74) is 6.00. The van der Waals surface area contributed by atoms with E-state index in [1.54, 1.807) is 54.6 Å². The van der Waals surface area contributed by atoms with Crippen molar-refractivity contribution in [3.63, 3.8) is 0 Å². The van der Waals surface area contributed by atoms with Gasteiger partial charge < -0.3 is 8.83 Å². The van der Waals surface area contributed by atoms with E-state index in [0.717, 1.165) is 71.6 Å². The second-order valence-electron chi connectivity index (χ2n) is 12.9. The number of aryl methyl sites for hydroxylation is 2. The summed E-state index contributed by atoms with van der Waals surface area (Å²) < 4.78 is 25.8. The second kappa shape index (κ2) is 17.9. The molecule has 0 aliphatic carbocycles. The van der Waals surface area contributed by atoms with Crippen LogP contribution in [0.4, 0.5) is 4.39 Å². The summed E-state index contributed by atoms with van der Waals surface area (Å²) in [5, 5.41) is 0. The van der Waals surface area contributed by atoms with Gasteiger partial charge in [0.25, 0.3) is 0 Å². The van der Waals surface area contributed by atoms with Crippen molar-refractivity contribution in [3.05, 3.63) is 165 Å². The van der Waals surface area contributed by atoms with E-state index in [1.807, 2.05) is 36.4 Å². The number of nitrogens with zero attached hydrogens (tertiary/aromatic N) is 2. The maximum absolute atomic E-state index is 13.1. The Bertz CT molecular complexity index is 2390. The number of hydrogen-bond donors (Lipinski definition) is 0. The van der Waals surface area contributed by atoms with Gasteiger partial charge in [-0.05, 0) is 97.2 Å². The quantitative estimate of drug-likeness (QED) is 0.110. The van der Waals surface area contributed by atoms with Crippen LogP contribution in [0.25, 0.3) is 33.3 Å². The third-order valence-corrected chi connectivity index (χ3v) is 9.14. The fourth-order valence-corrected chi connectivity index (χ4v) is 6.36. The zero-order valence-electron chi connectivity index (χ0n) is 29.4. The summed E-state index contributed by atoms with van der Waals surface area (Å²) >= 11 is 0. The molecule has 2 heterocycles. The van der Waals surface area contributed by atoms with Crippen molar-refractivity contribution < 1.29 is 22.8 Å². The van der Waals surface area contributed by atoms with E-state index in [1.165, 1.54) is 23.3 Å². The van der Waals surface area contributed by atoms with Crippen LogP contribution in [0.5, 0.6) is 0 Å². The van der Waals surface area contributed by atoms with Crippen LogP contribution in [0.15, 0.2) is 146 Å². The first-order chi connectivity index (χ1) is 25.9. The minimum atomic E-state index is -0.671. The van der Waals surface area contributed by atoms with E-state index in [4.69, 9.17) is 8.83 Å². The Morgan fingerprint density at radius 1 is 0.491 bits per heavy atom. The maximum Gasteiger partial charge on any atom is 0.426 e. The highest BCUT2D eigenvalue weighted by Crippen LogP contribution is 2.25. The summed E-state index contributed by atoms with van der Waals surface area (Å²) in [7, 11) is 0. The summed E-state index contributed by atoms with van der Waals surface area (Å²) in [6, 6.07) is 38.8. The van der Waals surface area contributed by atoms with Gasteiger partial charge in [0, 0.05) is 12.8 Å². The zero-order valence-corrected chi connectivity index (χ0v) is 29.4. The Balaban J connectivity index is 0.000000188. The van der Waals surface area contributed by atoms with Crippen molar-refractivity contribution in [3.8, 4) is 11.1 Å². The number of hydrogen-bond acceptors (Lipinski definition) is 6. The predicted octanol–water partition coefficient (Wildman–Crippen LogP) is 9.88. The molecule has 2 aromatic heterocycles. The lowest BCUT2D eigenvalue weighted by Gasteiger charge is -2.04. The summed E-state index contributed by atoms with van der Waals surface area (Å²) in [6.07, 6.45) is 8.07. The molecule has 0 atom stereocenters. The third kappa shape index (κ3) is 9.62. The van der Waals surface area contributed by atoms with Gasteiger partial charge >= 0.3 is 11.5 Å². The Morgan fingerprint density at radius 3 is 1.53 bits per heavy atom. The standard InChI is InChI=1S/C25H22FNO3.C19H19NO3/c26-21-14-11-19(12-15-21)20-13-16-22-23(17-20)30-25(29)27(22)24(28)10-6-2-5-9-18-7-3-1-4-8-18;21-18(14-6-2-5-11-15-9-3-1-4-10-15)20-16-12-7-8-13-17(16)23-19(20)22/h1,3-4,7-8,11-17H,2,5-6,9-10H2;1,3-4,7-10,12-13H,2,5-6,11,14H2. The largest absolute Gasteiger partial charge is 0.426 e. The molecule has 0 bridgehead atoms. The van der Waals surface area contributed by atoms with E-state index in [-0.39, 0.29) is 17.6 Å². The van der Waals surface area contributed by atoms with Crippen molar-refractivity contribution >= 4 is 34.0 Å². The summed E-state index contributed by atoms with van der Waals surface area (Å²) in [5.74, 6) is -2.03. The Labute approximate surface area is 306 Å². The van der Waals surface area contributed by atoms with Gasteiger partial charge in [0.15, 0.2) is 11.2 Å². The van der Waals surface area contributed by atoms with Gasteiger partial charge in [0.2, 0.25) is 11.8 Å². The maximum atomic E-state index is 13.1. The molecule has 0 aliphatic rings. The van der Waals surface area contributed by atoms with Crippen molar-refractivity contribution in [2.75, 3.05) is 0 Å². The number of para-hydroxylation sites is 2. The minimum absolute atomic E-state index is 0.195. The molecular formula is C44H41FN2O6. The van der Waals surface area contributed by atoms with Crippen LogP contribution in [-0.4, -0.2) is 20.9 Å². The van der Waals surface area contributed by atoms with Crippen LogP contribution in [0.3, 0.4) is 0 Å². The highest BCUT2D eigenvalue weighted by atomic mass is 19.1. The smallest absolute Gasteiger partial charge is 0.407 e. The Kier molecular flexibility index (Phi) is 12.4. The molecule has 7 aromatic rings. The third-order valence-electron chi connectivity index (χ3n) is 9.14. The molecule has 0 amide bonds. The molecule has 0 aliphatic heterocycles. The molecule has 270 valence electrons. The predicted molar refractivity (Wildman–Crippen MR) is 205 cm³/mol. The van der Waals surface area contributed by atoms with Crippen LogP contribution < -0.4 is 11.5 Å². The van der Waals surface area contributed by atoms with E-state index < -0.39 is 11.5 Å². The molecule has 5 aromatic carbocycles. The van der Waals surface area contributed by atoms with E-state index in [9.17, 15) is 23.6 Å². The minimum Gasteiger partial charge on any atom is -0.407 e. The molecule has 7 rings (SSSR count). The van der Waals surface area contributed by atoms with E-state index in [0.29, 0.717) is 35.0 Å². The van der Waals surface area contributed by atoms with Crippen LogP contribution in [-0.2, 0) is 12.8 Å². The number of halogens is 1. The lowest BCUT2D eigenvalue weighted by atomic mass is 10.1. The first-order valence-electron chi connectivity index (χ1n) is 18.0. The first kappa shape index (κ1) is 36.7. The van der Waals surface area contributed by atoms with Crippen LogP contribution in [0.1, 0.15) is 72.1 Å². The summed E-state index contributed by atoms with van der Waals surface area (Å²) in [4.78, 5) is 49.0. The Hall–Kier alpha value is -6.09. The molecule has 0 spiro atoms. The number of oxazole rings is 2. The van der Waals surface area contributed by atoms with E-state index in [2.05, 4.69) is 24.3 Å². The Morgan fingerprint density at radius 2 is 0.962 bits per heavy atom. The SMILES string of the molecule is O=C(CCCCCc1ccccc1)n1c(=O)oc2cc(-c3ccc(F)cc3)ccc21.O=C(CCCCCc1ccccc1)n1c(=O)oc2ccccc21. The number of carbonyl (C=O) groups excluding carboxylic acids is 2. The topological polar surface area (TPSA) is 104 Å². The molecule has 0 radical (unpaired) electrons. The van der Waals surface area contributed by atoms with Crippen molar-refractivity contribution in [2.45, 2.75) is 64.2 Å². The number of carbonyl (C=O) groups is 2. The molecule has 0 N–H and O–H groups in total. The molecule has 53 heavy (non-hydrogen) atoms. The van der Waals surface area contributed by atoms with Crippen LogP contribution in [0, 0.1) is 5.82 Å². The highest BCUT2D eigenvalue weighted by Gasteiger charge is 2.17. The molecule has 8 nitrogen and oxygen atoms in total. The fraction of sp³-hybridized carbons (Fsp3) is 0.227. The van der Waals surface area contributed by atoms with Crippen molar-refractivity contribution in [1.29, 1.82) is 0 Å². The molecule has 9 heteroatoms. The van der Waals surface area contributed by atoms with Gasteiger partial charge in [-0.25, -0.2) is 23.1 Å². The van der Waals surface area contributed by atoms with Crippen molar-refractivity contribution in [1.82, 2.24) is 9.13 Å². The number of unbranched alkanes of at least 4 members (excludes halogenated alkanes) is 4. The molecule has 0 saturated carbocycles. The van der Waals surface area contributed by atoms with Gasteiger partial charge in [0.1, 0.15) is 5.82 Å². The number of benzene rings is 5. The fourth-order valence-electron chi connectivity index (χ4n) is 6.36. The number of fused-ring (bicyclic) bond motifs is 2. The van der Waals surface area contributed by atoms with Crippen molar-refractivity contribution in [2.24, 2.45) is 0 Å². The van der Waals surface area contributed by atoms with Gasteiger partial charge in [-0.15, -0.1) is 0 Å². The average Bonchev–Trinajstić information content (AvgIpc) is 3.70. The highest BCUT2D eigenvalue weighted by molar-refractivity contribution is 5.91. The lowest BCUT2D eigenvalue weighted by molar-refractivity contribution is 0.0886. The van der Waals surface area contributed by atoms with Gasteiger partial charge in [-0.1, -0.05) is 104 Å². The zero-order chi connectivity index (χ0) is 37.0. The molecular weight excluding hydrogens is 671 g/mol. The molecule has 0 fully saturated rings. The molecule has 0 saturated heterocycles. The molecule has 0 unspecified atom stereocenters. The van der Waals surface area contributed by atoms with Crippen LogP contribution >= 0.6 is 0 Å². The number of aromatic nitrogens is 2. The number of rotatable bonds is 13. The monoisotopic (exact) mass is 712 g/mol. The van der Waals surface area contributed by atoms with E-state index >= 15 is 0 Å². The normalized spacial score (nSPS) is 11.0. The first-order valence-corrected chi connectivity index (χ1v) is 18.0. The average molecular weight is 713 g/mol. The van der Waals surface area contributed by atoms with Crippen LogP contribution in [0.2, 0.25) is 0 Å². The summed E-state index contributed by atoms with van der Waals surface area (Å²) in [6.45, 7) is 0. The second-order valence-corrected chi connectivity index (χ2v) is 12.9. The van der Waals surface area contributed by atoms with Gasteiger partial charge in [0.05, 0.1) is 11.0 Å².